The lowest BCUT2D eigenvalue weighted by atomic mass is 10.0. The van der Waals surface area contributed by atoms with Crippen molar-refractivity contribution in [1.29, 1.82) is 0 Å². The molecule has 3 aromatic rings. The number of nitrogens with two attached hydrogens (primary N) is 1. The van der Waals surface area contributed by atoms with Gasteiger partial charge in [-0.3, -0.25) is 4.79 Å². The molecule has 0 aliphatic heterocycles. The van der Waals surface area contributed by atoms with Crippen molar-refractivity contribution in [3.63, 3.8) is 0 Å². The Labute approximate surface area is 159 Å². The molecule has 0 saturated carbocycles. The molecule has 0 saturated heterocycles. The van der Waals surface area contributed by atoms with Gasteiger partial charge in [0.05, 0.1) is 12.5 Å². The van der Waals surface area contributed by atoms with Crippen LogP contribution in [-0.2, 0) is 4.79 Å². The smallest absolute Gasteiger partial charge is 0.312 e. The highest BCUT2D eigenvalue weighted by Crippen LogP contribution is 2.25. The zero-order valence-corrected chi connectivity index (χ0v) is 15.5. The predicted octanol–water partition coefficient (Wildman–Crippen LogP) is 4.34. The first-order chi connectivity index (χ1) is 12.5. The minimum Gasteiger partial charge on any atom is -0.352 e. The van der Waals surface area contributed by atoms with Gasteiger partial charge in [0.15, 0.2) is 0 Å². The van der Waals surface area contributed by atoms with E-state index in [1.807, 2.05) is 66.7 Å². The Balaban J connectivity index is 1.79. The van der Waals surface area contributed by atoms with Crippen molar-refractivity contribution in [2.24, 2.45) is 5.73 Å². The Morgan fingerprint density at radius 3 is 2.38 bits per heavy atom. The number of benzene rings is 3. The molecule has 0 aliphatic rings. The summed E-state index contributed by atoms with van der Waals surface area (Å²) in [5.41, 5.74) is 6.82. The Bertz CT molecular complexity index is 936. The van der Waals surface area contributed by atoms with Gasteiger partial charge in [-0.15, -0.1) is 0 Å². The number of hydrogen-bond acceptors (Lipinski definition) is 2. The van der Waals surface area contributed by atoms with E-state index in [0.717, 1.165) is 26.5 Å². The van der Waals surface area contributed by atoms with Crippen LogP contribution in [0.15, 0.2) is 71.2 Å². The zero-order valence-electron chi connectivity index (χ0n) is 13.9. The molecule has 132 valence electrons. The van der Waals surface area contributed by atoms with Crippen LogP contribution in [0.4, 0.5) is 10.5 Å². The molecule has 0 aliphatic carbocycles. The monoisotopic (exact) mass is 411 g/mol. The van der Waals surface area contributed by atoms with E-state index in [-0.39, 0.29) is 12.3 Å². The normalized spacial score (nSPS) is 11.7. The van der Waals surface area contributed by atoms with E-state index in [1.165, 1.54) is 0 Å². The molecule has 3 aromatic carbocycles. The maximum absolute atomic E-state index is 12.6. The number of anilines is 1. The van der Waals surface area contributed by atoms with Crippen LogP contribution in [-0.4, -0.2) is 11.9 Å². The van der Waals surface area contributed by atoms with Crippen LogP contribution in [0, 0.1) is 0 Å². The number of primary amides is 1. The van der Waals surface area contributed by atoms with Crippen LogP contribution in [0.25, 0.3) is 10.8 Å². The Morgan fingerprint density at radius 2 is 1.65 bits per heavy atom. The summed E-state index contributed by atoms with van der Waals surface area (Å²) in [5, 5.41) is 7.57. The fourth-order valence-electron chi connectivity index (χ4n) is 2.84. The predicted molar refractivity (Wildman–Crippen MR) is 107 cm³/mol. The van der Waals surface area contributed by atoms with Gasteiger partial charge in [0.25, 0.3) is 0 Å². The molecule has 3 amide bonds. The third-order valence-corrected chi connectivity index (χ3v) is 4.57. The van der Waals surface area contributed by atoms with Crippen molar-refractivity contribution >= 4 is 44.3 Å². The van der Waals surface area contributed by atoms with Gasteiger partial charge in [0, 0.05) is 15.5 Å². The van der Waals surface area contributed by atoms with Gasteiger partial charge in [0.1, 0.15) is 0 Å². The number of carbonyl (C=O) groups excluding carboxylic acids is 2. The molecule has 26 heavy (non-hydrogen) atoms. The van der Waals surface area contributed by atoms with Crippen molar-refractivity contribution in [2.75, 3.05) is 5.32 Å². The van der Waals surface area contributed by atoms with E-state index in [0.29, 0.717) is 0 Å². The fraction of sp³-hybridized carbons (Fsp3) is 0.100. The van der Waals surface area contributed by atoms with Crippen LogP contribution in [0.2, 0.25) is 0 Å². The number of rotatable bonds is 5. The molecule has 5 nitrogen and oxygen atoms in total. The maximum Gasteiger partial charge on any atom is 0.312 e. The van der Waals surface area contributed by atoms with Crippen LogP contribution >= 0.6 is 15.9 Å². The van der Waals surface area contributed by atoms with E-state index in [2.05, 4.69) is 26.6 Å². The molecule has 0 aromatic heterocycles. The number of carbonyl (C=O) groups is 2. The van der Waals surface area contributed by atoms with Gasteiger partial charge in [-0.05, 0) is 29.1 Å². The Hall–Kier alpha value is -2.86. The molecule has 4 N–H and O–H groups in total. The average Bonchev–Trinajstić information content (AvgIpc) is 2.62. The van der Waals surface area contributed by atoms with Crippen molar-refractivity contribution in [1.82, 2.24) is 5.32 Å². The molecule has 0 radical (unpaired) electrons. The molecule has 1 unspecified atom stereocenters. The van der Waals surface area contributed by atoms with Gasteiger partial charge in [-0.2, -0.15) is 0 Å². The number of amides is 3. The number of urea groups is 1. The molecule has 1 atom stereocenters. The van der Waals surface area contributed by atoms with E-state index < -0.39 is 12.1 Å². The lowest BCUT2D eigenvalue weighted by Gasteiger charge is -2.18. The molecular formula is C20H18BrN3O2. The minimum absolute atomic E-state index is 0.0772. The quantitative estimate of drug-likeness (QED) is 0.583. The summed E-state index contributed by atoms with van der Waals surface area (Å²) in [5.74, 6) is -0.206. The second kappa shape index (κ2) is 8.01. The second-order valence-electron chi connectivity index (χ2n) is 5.89. The third-order valence-electron chi connectivity index (χ3n) is 4.04. The average molecular weight is 412 g/mol. The molecule has 0 fully saturated rings. The Kier molecular flexibility index (Phi) is 5.53. The van der Waals surface area contributed by atoms with E-state index in [1.54, 1.807) is 0 Å². The van der Waals surface area contributed by atoms with Crippen molar-refractivity contribution < 1.29 is 9.59 Å². The van der Waals surface area contributed by atoms with Crippen molar-refractivity contribution in [2.45, 2.75) is 12.5 Å². The van der Waals surface area contributed by atoms with Crippen LogP contribution in [0.3, 0.4) is 0 Å². The second-order valence-corrected chi connectivity index (χ2v) is 6.81. The van der Waals surface area contributed by atoms with E-state index in [9.17, 15) is 9.59 Å². The summed E-state index contributed by atoms with van der Waals surface area (Å²) in [6, 6.07) is 19.8. The summed E-state index contributed by atoms with van der Waals surface area (Å²) in [6.45, 7) is 0. The van der Waals surface area contributed by atoms with Crippen LogP contribution in [0.5, 0.6) is 0 Å². The summed E-state index contributed by atoms with van der Waals surface area (Å²) < 4.78 is 0.916. The number of nitrogens with one attached hydrogen (secondary N) is 2. The third kappa shape index (κ3) is 4.40. The van der Waals surface area contributed by atoms with E-state index in [4.69, 9.17) is 5.73 Å². The molecule has 0 bridgehead atoms. The largest absolute Gasteiger partial charge is 0.352 e. The summed E-state index contributed by atoms with van der Waals surface area (Å²) in [4.78, 5) is 23.9. The van der Waals surface area contributed by atoms with Gasteiger partial charge in [0.2, 0.25) is 5.91 Å². The van der Waals surface area contributed by atoms with Crippen molar-refractivity contribution in [3.05, 3.63) is 76.8 Å². The van der Waals surface area contributed by atoms with Gasteiger partial charge >= 0.3 is 6.03 Å². The van der Waals surface area contributed by atoms with Gasteiger partial charge in [-0.1, -0.05) is 64.5 Å². The first kappa shape index (κ1) is 17.9. The number of hydrogen-bond donors (Lipinski definition) is 3. The summed E-state index contributed by atoms with van der Waals surface area (Å²) >= 11 is 3.37. The first-order valence-corrected chi connectivity index (χ1v) is 8.91. The Morgan fingerprint density at radius 1 is 0.962 bits per heavy atom. The van der Waals surface area contributed by atoms with Gasteiger partial charge < -0.3 is 16.4 Å². The van der Waals surface area contributed by atoms with E-state index >= 15 is 0 Å². The number of fused-ring (bicyclic) bond motifs is 1. The molecule has 6 heteroatoms. The van der Waals surface area contributed by atoms with Crippen LogP contribution in [0.1, 0.15) is 18.0 Å². The SMILES string of the molecule is NC(=O)NC(CC(=O)Nc1cccc2ccccc12)c1ccc(Br)cc1. The topological polar surface area (TPSA) is 84.2 Å². The lowest BCUT2D eigenvalue weighted by molar-refractivity contribution is -0.116. The first-order valence-electron chi connectivity index (χ1n) is 8.12. The summed E-state index contributed by atoms with van der Waals surface area (Å²) in [7, 11) is 0. The minimum atomic E-state index is -0.670. The van der Waals surface area contributed by atoms with Crippen molar-refractivity contribution in [3.8, 4) is 0 Å². The highest BCUT2D eigenvalue weighted by molar-refractivity contribution is 9.10. The molecule has 3 rings (SSSR count). The molecule has 0 heterocycles. The highest BCUT2D eigenvalue weighted by Gasteiger charge is 2.18. The standard InChI is InChI=1S/C20H18BrN3O2/c21-15-10-8-14(9-11-15)18(24-20(22)26)12-19(25)23-17-7-3-5-13-4-1-2-6-16(13)17/h1-11,18H,12H2,(H,23,25)(H3,22,24,26). The highest BCUT2D eigenvalue weighted by atomic mass is 79.9. The van der Waals surface area contributed by atoms with Gasteiger partial charge in [-0.25, -0.2) is 4.79 Å². The fourth-order valence-corrected chi connectivity index (χ4v) is 3.10. The maximum atomic E-state index is 12.6. The summed E-state index contributed by atoms with van der Waals surface area (Å²) in [6.07, 6.45) is 0.0772. The zero-order chi connectivity index (χ0) is 18.5. The number of halogens is 1. The molecule has 0 spiro atoms. The lowest BCUT2D eigenvalue weighted by Crippen LogP contribution is -2.35. The molecular weight excluding hydrogens is 394 g/mol. The van der Waals surface area contributed by atoms with Crippen LogP contribution < -0.4 is 16.4 Å².